The lowest BCUT2D eigenvalue weighted by molar-refractivity contribution is -0.122. The fourth-order valence-corrected chi connectivity index (χ4v) is 3.99. The Morgan fingerprint density at radius 3 is 2.66 bits per heavy atom. The van der Waals surface area contributed by atoms with E-state index in [1.165, 1.54) is 12.1 Å². The number of hydrogen-bond donors (Lipinski definition) is 1. The summed E-state index contributed by atoms with van der Waals surface area (Å²) in [6, 6.07) is 17.4. The quantitative estimate of drug-likeness (QED) is 0.527. The maximum Gasteiger partial charge on any atom is 0.220 e. The number of halogens is 1. The largest absolute Gasteiger partial charge is 0.457 e. The van der Waals surface area contributed by atoms with Crippen LogP contribution in [0.3, 0.4) is 0 Å². The van der Waals surface area contributed by atoms with Gasteiger partial charge in [-0.3, -0.25) is 9.78 Å². The van der Waals surface area contributed by atoms with E-state index in [1.807, 2.05) is 42.6 Å². The number of pyridine rings is 1. The number of nitrogens with zero attached hydrogens (tertiary/aromatic N) is 1. The molecule has 166 valence electrons. The zero-order valence-electron chi connectivity index (χ0n) is 17.9. The highest BCUT2D eigenvalue weighted by Crippen LogP contribution is 2.30. The number of amides is 1. The van der Waals surface area contributed by atoms with E-state index in [-0.39, 0.29) is 17.8 Å². The topological polar surface area (TPSA) is 60.5 Å². The third kappa shape index (κ3) is 6.14. The standard InChI is InChI=1S/C26H27FN2O3/c27-22-7-9-23(10-8-22)32-24-5-1-3-19(17-24)6-11-25(30)29-26(20-12-15-31-16-13-20)21-4-2-14-28-18-21/h1-5,7-10,14,17-18,20,26H,6,11-13,15-16H2,(H,29,30). The van der Waals surface area contributed by atoms with E-state index in [1.54, 1.807) is 18.3 Å². The first kappa shape index (κ1) is 22.0. The first-order chi connectivity index (χ1) is 15.7. The summed E-state index contributed by atoms with van der Waals surface area (Å²) in [6.45, 7) is 1.44. The van der Waals surface area contributed by atoms with Crippen LogP contribution in [0, 0.1) is 11.7 Å². The van der Waals surface area contributed by atoms with Crippen LogP contribution < -0.4 is 10.1 Å². The molecular weight excluding hydrogens is 407 g/mol. The summed E-state index contributed by atoms with van der Waals surface area (Å²) in [5, 5.41) is 3.23. The van der Waals surface area contributed by atoms with E-state index in [4.69, 9.17) is 9.47 Å². The molecule has 0 spiro atoms. The van der Waals surface area contributed by atoms with Gasteiger partial charge in [0, 0.05) is 32.0 Å². The van der Waals surface area contributed by atoms with Gasteiger partial charge in [0.25, 0.3) is 0 Å². The molecule has 2 aromatic carbocycles. The molecule has 5 nitrogen and oxygen atoms in total. The number of carbonyl (C=O) groups excluding carboxylic acids is 1. The molecule has 3 aromatic rings. The molecule has 2 heterocycles. The zero-order valence-corrected chi connectivity index (χ0v) is 17.9. The molecule has 0 bridgehead atoms. The lowest BCUT2D eigenvalue weighted by Gasteiger charge is -2.31. The predicted octanol–water partition coefficient (Wildman–Crippen LogP) is 5.23. The minimum atomic E-state index is -0.303. The molecule has 0 radical (unpaired) electrons. The number of aryl methyl sites for hydroxylation is 1. The highest BCUT2D eigenvalue weighted by molar-refractivity contribution is 5.76. The molecule has 1 aliphatic rings. The van der Waals surface area contributed by atoms with Crippen molar-refractivity contribution in [1.29, 1.82) is 0 Å². The van der Waals surface area contributed by atoms with Crippen molar-refractivity contribution in [1.82, 2.24) is 10.3 Å². The van der Waals surface area contributed by atoms with Crippen LogP contribution in [0.25, 0.3) is 0 Å². The first-order valence-electron chi connectivity index (χ1n) is 11.0. The van der Waals surface area contributed by atoms with Crippen LogP contribution in [0.5, 0.6) is 11.5 Å². The van der Waals surface area contributed by atoms with Crippen LogP contribution in [0.1, 0.15) is 36.4 Å². The Hall–Kier alpha value is -3.25. The lowest BCUT2D eigenvalue weighted by atomic mass is 9.87. The van der Waals surface area contributed by atoms with Crippen LogP contribution in [-0.2, 0) is 16.0 Å². The second-order valence-electron chi connectivity index (χ2n) is 7.98. The zero-order chi connectivity index (χ0) is 22.2. The van der Waals surface area contributed by atoms with E-state index in [0.717, 1.165) is 37.2 Å². The van der Waals surface area contributed by atoms with E-state index in [9.17, 15) is 9.18 Å². The highest BCUT2D eigenvalue weighted by atomic mass is 19.1. The number of hydrogen-bond acceptors (Lipinski definition) is 4. The van der Waals surface area contributed by atoms with Gasteiger partial charge in [0.05, 0.1) is 6.04 Å². The number of carbonyl (C=O) groups is 1. The summed E-state index contributed by atoms with van der Waals surface area (Å²) in [7, 11) is 0. The Bertz CT molecular complexity index is 1010. The Kier molecular flexibility index (Phi) is 7.46. The van der Waals surface area contributed by atoms with Gasteiger partial charge in [-0.1, -0.05) is 18.2 Å². The van der Waals surface area contributed by atoms with Crippen molar-refractivity contribution < 1.29 is 18.7 Å². The third-order valence-corrected chi connectivity index (χ3v) is 5.69. The highest BCUT2D eigenvalue weighted by Gasteiger charge is 2.27. The van der Waals surface area contributed by atoms with Gasteiger partial charge >= 0.3 is 0 Å². The first-order valence-corrected chi connectivity index (χ1v) is 11.0. The minimum absolute atomic E-state index is 0.00945. The summed E-state index contributed by atoms with van der Waals surface area (Å²) in [5.41, 5.74) is 2.03. The van der Waals surface area contributed by atoms with Crippen molar-refractivity contribution in [2.45, 2.75) is 31.7 Å². The molecule has 1 unspecified atom stereocenters. The number of ether oxygens (including phenoxy) is 2. The Morgan fingerprint density at radius 2 is 1.91 bits per heavy atom. The Labute approximate surface area is 187 Å². The minimum Gasteiger partial charge on any atom is -0.457 e. The van der Waals surface area contributed by atoms with Crippen molar-refractivity contribution in [2.24, 2.45) is 5.92 Å². The van der Waals surface area contributed by atoms with Crippen LogP contribution in [0.15, 0.2) is 73.1 Å². The molecule has 1 aliphatic heterocycles. The molecule has 1 atom stereocenters. The lowest BCUT2D eigenvalue weighted by Crippen LogP contribution is -2.36. The van der Waals surface area contributed by atoms with Gasteiger partial charge in [0.2, 0.25) is 5.91 Å². The monoisotopic (exact) mass is 434 g/mol. The molecule has 6 heteroatoms. The van der Waals surface area contributed by atoms with Gasteiger partial charge in [-0.25, -0.2) is 4.39 Å². The fraction of sp³-hybridized carbons (Fsp3) is 0.308. The molecule has 1 fully saturated rings. The molecule has 32 heavy (non-hydrogen) atoms. The molecule has 0 aliphatic carbocycles. The third-order valence-electron chi connectivity index (χ3n) is 5.69. The van der Waals surface area contributed by atoms with E-state index >= 15 is 0 Å². The van der Waals surface area contributed by atoms with E-state index in [2.05, 4.69) is 10.3 Å². The van der Waals surface area contributed by atoms with E-state index in [0.29, 0.717) is 30.3 Å². The second kappa shape index (κ2) is 10.9. The summed E-state index contributed by atoms with van der Waals surface area (Å²) < 4.78 is 24.4. The number of rotatable bonds is 8. The maximum atomic E-state index is 13.1. The van der Waals surface area contributed by atoms with Gasteiger partial charge in [0.15, 0.2) is 0 Å². The van der Waals surface area contributed by atoms with Gasteiger partial charge in [0.1, 0.15) is 17.3 Å². The SMILES string of the molecule is O=C(CCc1cccc(Oc2ccc(F)cc2)c1)NC(c1cccnc1)C1CCOCC1. The molecule has 0 saturated carbocycles. The van der Waals surface area contributed by atoms with Crippen molar-refractivity contribution in [3.8, 4) is 11.5 Å². The normalized spacial score (nSPS) is 15.2. The number of benzene rings is 2. The predicted molar refractivity (Wildman–Crippen MR) is 120 cm³/mol. The molecule has 4 rings (SSSR count). The molecular formula is C26H27FN2O3. The maximum absolute atomic E-state index is 13.1. The summed E-state index contributed by atoms with van der Waals surface area (Å²) in [6.07, 6.45) is 6.38. The van der Waals surface area contributed by atoms with Crippen LogP contribution >= 0.6 is 0 Å². The molecule has 1 saturated heterocycles. The van der Waals surface area contributed by atoms with Crippen LogP contribution in [-0.4, -0.2) is 24.1 Å². The van der Waals surface area contributed by atoms with Crippen molar-refractivity contribution >= 4 is 5.91 Å². The van der Waals surface area contributed by atoms with Gasteiger partial charge in [-0.05, 0) is 78.8 Å². The average Bonchev–Trinajstić information content (AvgIpc) is 2.84. The number of nitrogens with one attached hydrogen (secondary N) is 1. The summed E-state index contributed by atoms with van der Waals surface area (Å²) >= 11 is 0. The van der Waals surface area contributed by atoms with Crippen molar-refractivity contribution in [3.05, 3.63) is 90.0 Å². The number of aromatic nitrogens is 1. The second-order valence-corrected chi connectivity index (χ2v) is 7.98. The van der Waals surface area contributed by atoms with Crippen LogP contribution in [0.2, 0.25) is 0 Å². The Balaban J connectivity index is 1.36. The van der Waals surface area contributed by atoms with Crippen molar-refractivity contribution in [2.75, 3.05) is 13.2 Å². The summed E-state index contributed by atoms with van der Waals surface area (Å²) in [5.74, 6) is 1.27. The molecule has 1 N–H and O–H groups in total. The fourth-order valence-electron chi connectivity index (χ4n) is 3.99. The summed E-state index contributed by atoms with van der Waals surface area (Å²) in [4.78, 5) is 17.1. The average molecular weight is 435 g/mol. The molecule has 1 aromatic heterocycles. The Morgan fingerprint density at radius 1 is 1.09 bits per heavy atom. The van der Waals surface area contributed by atoms with E-state index < -0.39 is 0 Å². The van der Waals surface area contributed by atoms with Gasteiger partial charge in [-0.15, -0.1) is 0 Å². The molecule has 1 amide bonds. The van der Waals surface area contributed by atoms with Gasteiger partial charge in [-0.2, -0.15) is 0 Å². The van der Waals surface area contributed by atoms with Crippen LogP contribution in [0.4, 0.5) is 4.39 Å². The van der Waals surface area contributed by atoms with Gasteiger partial charge < -0.3 is 14.8 Å². The smallest absolute Gasteiger partial charge is 0.220 e. The van der Waals surface area contributed by atoms with Crippen molar-refractivity contribution in [3.63, 3.8) is 0 Å².